The molecular formula is C13H15F2N3. The lowest BCUT2D eigenvalue weighted by Gasteiger charge is -2.35. The molecular weight excluding hydrogens is 236 g/mol. The monoisotopic (exact) mass is 251 g/mol. The Bertz CT molecular complexity index is 448. The van der Waals surface area contributed by atoms with Crippen LogP contribution in [0.3, 0.4) is 0 Å². The molecule has 5 heteroatoms. The number of hydrogen-bond acceptors (Lipinski definition) is 3. The fourth-order valence-electron chi connectivity index (χ4n) is 2.16. The van der Waals surface area contributed by atoms with E-state index in [1.165, 1.54) is 12.1 Å². The molecule has 0 unspecified atom stereocenters. The summed E-state index contributed by atoms with van der Waals surface area (Å²) in [5, 5.41) is 8.52. The minimum absolute atomic E-state index is 0.455. The van der Waals surface area contributed by atoms with Gasteiger partial charge in [-0.3, -0.25) is 4.90 Å². The van der Waals surface area contributed by atoms with Crippen LogP contribution in [0.15, 0.2) is 18.2 Å². The van der Waals surface area contributed by atoms with Crippen molar-refractivity contribution in [2.24, 2.45) is 0 Å². The van der Waals surface area contributed by atoms with Gasteiger partial charge in [-0.05, 0) is 12.1 Å². The molecule has 1 fully saturated rings. The third-order valence-corrected chi connectivity index (χ3v) is 3.16. The van der Waals surface area contributed by atoms with Crippen molar-refractivity contribution < 1.29 is 8.78 Å². The van der Waals surface area contributed by atoms with Crippen molar-refractivity contribution in [3.63, 3.8) is 0 Å². The first-order valence-electron chi connectivity index (χ1n) is 6.00. The summed E-state index contributed by atoms with van der Waals surface area (Å²) < 4.78 is 26.4. The molecule has 96 valence electrons. The highest BCUT2D eigenvalue weighted by Gasteiger charge is 2.19. The van der Waals surface area contributed by atoms with Crippen molar-refractivity contribution in [1.82, 2.24) is 4.90 Å². The molecule has 0 spiro atoms. The summed E-state index contributed by atoms with van der Waals surface area (Å²) in [7, 11) is 0. The fraction of sp³-hybridized carbons (Fsp3) is 0.462. The van der Waals surface area contributed by atoms with Gasteiger partial charge in [0.2, 0.25) is 0 Å². The zero-order valence-electron chi connectivity index (χ0n) is 10.1. The molecule has 0 N–H and O–H groups in total. The highest BCUT2D eigenvalue weighted by molar-refractivity contribution is 5.48. The largest absolute Gasteiger partial charge is 0.367 e. The molecule has 1 aromatic rings. The first kappa shape index (κ1) is 12.8. The molecule has 0 saturated carbocycles. The van der Waals surface area contributed by atoms with E-state index in [4.69, 9.17) is 5.26 Å². The molecule has 0 aromatic heterocycles. The van der Waals surface area contributed by atoms with E-state index in [1.54, 1.807) is 0 Å². The van der Waals surface area contributed by atoms with E-state index in [2.05, 4.69) is 11.0 Å². The van der Waals surface area contributed by atoms with Crippen LogP contribution in [0.25, 0.3) is 0 Å². The van der Waals surface area contributed by atoms with E-state index in [0.29, 0.717) is 25.2 Å². The Labute approximate surface area is 105 Å². The van der Waals surface area contributed by atoms with E-state index in [9.17, 15) is 8.78 Å². The zero-order valence-corrected chi connectivity index (χ0v) is 10.1. The Kier molecular flexibility index (Phi) is 4.11. The molecule has 1 heterocycles. The Hall–Kier alpha value is -1.67. The molecule has 0 aliphatic carbocycles. The van der Waals surface area contributed by atoms with Crippen LogP contribution in [0.4, 0.5) is 14.5 Å². The van der Waals surface area contributed by atoms with Gasteiger partial charge in [-0.1, -0.05) is 0 Å². The van der Waals surface area contributed by atoms with Crippen LogP contribution >= 0.6 is 0 Å². The van der Waals surface area contributed by atoms with Gasteiger partial charge in [0.15, 0.2) is 0 Å². The van der Waals surface area contributed by atoms with Gasteiger partial charge in [0.25, 0.3) is 0 Å². The summed E-state index contributed by atoms with van der Waals surface area (Å²) in [5.41, 5.74) is 0.455. The SMILES string of the molecule is N#CCCN1CCN(c2ccc(F)cc2F)CC1. The first-order valence-corrected chi connectivity index (χ1v) is 6.00. The summed E-state index contributed by atoms with van der Waals surface area (Å²) in [6.07, 6.45) is 0.519. The molecule has 2 rings (SSSR count). The molecule has 0 amide bonds. The van der Waals surface area contributed by atoms with Gasteiger partial charge in [0.05, 0.1) is 11.8 Å². The second kappa shape index (κ2) is 5.78. The number of hydrogen-bond donors (Lipinski definition) is 0. The predicted molar refractivity (Wildman–Crippen MR) is 65.2 cm³/mol. The van der Waals surface area contributed by atoms with Gasteiger partial charge in [0, 0.05) is 45.2 Å². The summed E-state index contributed by atoms with van der Waals surface area (Å²) in [6.45, 7) is 3.77. The van der Waals surface area contributed by atoms with Crippen molar-refractivity contribution in [3.05, 3.63) is 29.8 Å². The van der Waals surface area contributed by atoms with E-state index >= 15 is 0 Å². The standard InChI is InChI=1S/C13H15F2N3/c14-11-2-3-13(12(15)10-11)18-8-6-17(7-9-18)5-1-4-16/h2-3,10H,1,5-9H2. The number of piperazine rings is 1. The second-order valence-corrected chi connectivity index (χ2v) is 4.33. The number of nitriles is 1. The molecule has 1 aromatic carbocycles. The number of halogens is 2. The average Bonchev–Trinajstić information content (AvgIpc) is 2.37. The lowest BCUT2D eigenvalue weighted by atomic mass is 10.2. The third kappa shape index (κ3) is 2.96. The van der Waals surface area contributed by atoms with Gasteiger partial charge in [-0.15, -0.1) is 0 Å². The number of rotatable bonds is 3. The summed E-state index contributed by atoms with van der Waals surface area (Å²) in [5.74, 6) is -1.07. The Morgan fingerprint density at radius 1 is 1.17 bits per heavy atom. The summed E-state index contributed by atoms with van der Waals surface area (Å²) in [6, 6.07) is 5.79. The maximum atomic E-state index is 13.6. The van der Waals surface area contributed by atoms with Crippen LogP contribution in [-0.2, 0) is 0 Å². The van der Waals surface area contributed by atoms with Crippen molar-refractivity contribution in [2.75, 3.05) is 37.6 Å². The fourth-order valence-corrected chi connectivity index (χ4v) is 2.16. The van der Waals surface area contributed by atoms with Crippen LogP contribution in [0.1, 0.15) is 6.42 Å². The lowest BCUT2D eigenvalue weighted by Crippen LogP contribution is -2.46. The second-order valence-electron chi connectivity index (χ2n) is 4.33. The van der Waals surface area contributed by atoms with Crippen molar-refractivity contribution in [1.29, 1.82) is 5.26 Å². The van der Waals surface area contributed by atoms with Crippen molar-refractivity contribution in [3.8, 4) is 6.07 Å². The topological polar surface area (TPSA) is 30.3 Å². The maximum Gasteiger partial charge on any atom is 0.149 e. The van der Waals surface area contributed by atoms with Gasteiger partial charge in [0.1, 0.15) is 11.6 Å². The van der Waals surface area contributed by atoms with Gasteiger partial charge < -0.3 is 4.90 Å². The minimum atomic E-state index is -0.552. The molecule has 1 saturated heterocycles. The predicted octanol–water partition coefficient (Wildman–Crippen LogP) is 2.00. The van der Waals surface area contributed by atoms with E-state index in [0.717, 1.165) is 25.7 Å². The van der Waals surface area contributed by atoms with Gasteiger partial charge >= 0.3 is 0 Å². The normalized spacial score (nSPS) is 16.6. The Morgan fingerprint density at radius 2 is 1.89 bits per heavy atom. The van der Waals surface area contributed by atoms with E-state index in [1.807, 2.05) is 4.90 Å². The molecule has 18 heavy (non-hydrogen) atoms. The molecule has 1 aliphatic rings. The molecule has 1 aliphatic heterocycles. The highest BCUT2D eigenvalue weighted by Crippen LogP contribution is 2.21. The Balaban J connectivity index is 1.95. The maximum absolute atomic E-state index is 13.6. The molecule has 0 atom stereocenters. The average molecular weight is 251 g/mol. The van der Waals surface area contributed by atoms with E-state index < -0.39 is 11.6 Å². The van der Waals surface area contributed by atoms with Crippen molar-refractivity contribution >= 4 is 5.69 Å². The molecule has 0 radical (unpaired) electrons. The number of nitrogens with zero attached hydrogens (tertiary/aromatic N) is 3. The molecule has 0 bridgehead atoms. The van der Waals surface area contributed by atoms with Crippen LogP contribution in [0.5, 0.6) is 0 Å². The van der Waals surface area contributed by atoms with Crippen molar-refractivity contribution in [2.45, 2.75) is 6.42 Å². The quantitative estimate of drug-likeness (QED) is 0.823. The van der Waals surface area contributed by atoms with Gasteiger partial charge in [-0.2, -0.15) is 5.26 Å². The van der Waals surface area contributed by atoms with Crippen LogP contribution in [-0.4, -0.2) is 37.6 Å². The minimum Gasteiger partial charge on any atom is -0.367 e. The first-order chi connectivity index (χ1) is 8.70. The Morgan fingerprint density at radius 3 is 2.50 bits per heavy atom. The third-order valence-electron chi connectivity index (χ3n) is 3.16. The lowest BCUT2D eigenvalue weighted by molar-refractivity contribution is 0.263. The smallest absolute Gasteiger partial charge is 0.149 e. The number of benzene rings is 1. The summed E-state index contributed by atoms with van der Waals surface area (Å²) in [4.78, 5) is 4.10. The van der Waals surface area contributed by atoms with E-state index in [-0.39, 0.29) is 0 Å². The van der Waals surface area contributed by atoms with Crippen LogP contribution < -0.4 is 4.90 Å². The van der Waals surface area contributed by atoms with Crippen LogP contribution in [0, 0.1) is 23.0 Å². The summed E-state index contributed by atoms with van der Waals surface area (Å²) >= 11 is 0. The highest BCUT2D eigenvalue weighted by atomic mass is 19.1. The number of anilines is 1. The van der Waals surface area contributed by atoms with Gasteiger partial charge in [-0.25, -0.2) is 8.78 Å². The van der Waals surface area contributed by atoms with Crippen LogP contribution in [0.2, 0.25) is 0 Å². The molecule has 3 nitrogen and oxygen atoms in total. The zero-order chi connectivity index (χ0) is 13.0.